The summed E-state index contributed by atoms with van der Waals surface area (Å²) < 4.78 is 6.21. The quantitative estimate of drug-likeness (QED) is 0.476. The van der Waals surface area contributed by atoms with Crippen molar-refractivity contribution < 1.29 is 9.21 Å². The zero-order valence-corrected chi connectivity index (χ0v) is 20.0. The van der Waals surface area contributed by atoms with Crippen molar-refractivity contribution in [2.75, 3.05) is 30.4 Å². The van der Waals surface area contributed by atoms with E-state index in [4.69, 9.17) is 9.40 Å². The Kier molecular flexibility index (Phi) is 4.61. The van der Waals surface area contributed by atoms with E-state index >= 15 is 0 Å². The third kappa shape index (κ3) is 3.55. The molecule has 2 unspecified atom stereocenters. The first-order valence-electron chi connectivity index (χ1n) is 12.5. The van der Waals surface area contributed by atoms with Gasteiger partial charge in [0.15, 0.2) is 5.58 Å². The topological polar surface area (TPSA) is 87.4 Å². The zero-order chi connectivity index (χ0) is 23.7. The van der Waals surface area contributed by atoms with Gasteiger partial charge >= 0.3 is 0 Å². The summed E-state index contributed by atoms with van der Waals surface area (Å²) in [4.78, 5) is 31.2. The normalized spacial score (nSPS) is 22.3. The predicted octanol–water partition coefficient (Wildman–Crippen LogP) is 4.38. The number of hydrogen-bond acceptors (Lipinski definition) is 7. The fourth-order valence-electron chi connectivity index (χ4n) is 5.64. The van der Waals surface area contributed by atoms with Crippen LogP contribution in [0.15, 0.2) is 41.1 Å². The van der Waals surface area contributed by atoms with Gasteiger partial charge in [-0.2, -0.15) is 0 Å². The van der Waals surface area contributed by atoms with Crippen LogP contribution in [0.25, 0.3) is 33.3 Å². The van der Waals surface area contributed by atoms with Gasteiger partial charge in [-0.1, -0.05) is 0 Å². The van der Waals surface area contributed by atoms with Crippen molar-refractivity contribution in [1.29, 1.82) is 0 Å². The second-order valence-electron chi connectivity index (χ2n) is 10.3. The number of oxazole rings is 1. The van der Waals surface area contributed by atoms with Crippen LogP contribution in [0.2, 0.25) is 0 Å². The second kappa shape index (κ2) is 7.75. The van der Waals surface area contributed by atoms with Crippen molar-refractivity contribution in [2.24, 2.45) is 5.92 Å². The molecule has 6 heterocycles. The van der Waals surface area contributed by atoms with Gasteiger partial charge in [0.05, 0.1) is 5.56 Å². The van der Waals surface area contributed by atoms with Crippen molar-refractivity contribution in [1.82, 2.24) is 19.9 Å². The first-order chi connectivity index (χ1) is 17.0. The Hall–Kier alpha value is -3.52. The van der Waals surface area contributed by atoms with E-state index in [-0.39, 0.29) is 11.8 Å². The lowest BCUT2D eigenvalue weighted by molar-refractivity contribution is -0.117. The number of nitrogens with one attached hydrogen (secondary N) is 1. The van der Waals surface area contributed by atoms with Crippen molar-refractivity contribution in [3.63, 3.8) is 0 Å². The Bertz CT molecular complexity index is 1480. The molecule has 1 aromatic carbocycles. The van der Waals surface area contributed by atoms with Crippen molar-refractivity contribution in [2.45, 2.75) is 44.7 Å². The second-order valence-corrected chi connectivity index (χ2v) is 10.3. The maximum Gasteiger partial charge on any atom is 0.229 e. The van der Waals surface area contributed by atoms with E-state index in [1.165, 1.54) is 18.5 Å². The molecule has 1 saturated carbocycles. The molecule has 8 nitrogen and oxygen atoms in total. The molecule has 4 aromatic rings. The fourth-order valence-corrected chi connectivity index (χ4v) is 5.64. The molecule has 2 atom stereocenters. The number of carbonyl (C=O) groups is 1. The first kappa shape index (κ1) is 20.8. The van der Waals surface area contributed by atoms with Crippen LogP contribution in [-0.4, -0.2) is 58.0 Å². The largest absolute Gasteiger partial charge is 0.436 e. The summed E-state index contributed by atoms with van der Waals surface area (Å²) in [6, 6.07) is 9.41. The standard InChI is InChI=1S/C27H28N6O2/c1-15-21-11-29-25(31-26(34)16-3-4-16)10-20(21)22(12-28-15)27-30-23-9-17(7-8-24(23)35-27)33-14-18-5-6-19(33)13-32(18)2/h7-12,16,18-19H,3-6,13-14H2,1-2H3,(H,29,31,34). The highest BCUT2D eigenvalue weighted by molar-refractivity contribution is 6.00. The zero-order valence-electron chi connectivity index (χ0n) is 20.0. The summed E-state index contributed by atoms with van der Waals surface area (Å²) in [5, 5.41) is 4.79. The number of aryl methyl sites for hydroxylation is 1. The Morgan fingerprint density at radius 1 is 1.03 bits per heavy atom. The Morgan fingerprint density at radius 2 is 1.89 bits per heavy atom. The smallest absolute Gasteiger partial charge is 0.229 e. The average molecular weight is 469 g/mol. The number of rotatable bonds is 4. The van der Waals surface area contributed by atoms with E-state index in [1.54, 1.807) is 12.4 Å². The molecule has 178 valence electrons. The molecule has 1 amide bonds. The molecule has 4 fully saturated rings. The number of likely N-dealkylation sites (N-methyl/N-ethyl adjacent to an activating group) is 1. The van der Waals surface area contributed by atoms with Crippen molar-refractivity contribution in [3.05, 3.63) is 42.4 Å². The van der Waals surface area contributed by atoms with Crippen LogP contribution in [0.3, 0.4) is 0 Å². The SMILES string of the molecule is Cc1ncc(-c2nc3cc(N4CC5CCC4CN5C)ccc3o2)c2cc(NC(=O)C3CC3)ncc12. The maximum atomic E-state index is 12.3. The molecule has 2 bridgehead atoms. The molecule has 4 aliphatic rings. The van der Waals surface area contributed by atoms with Crippen molar-refractivity contribution >= 4 is 39.3 Å². The number of fused-ring (bicyclic) bond motifs is 5. The number of benzene rings is 1. The average Bonchev–Trinajstić information content (AvgIpc) is 3.64. The Labute approximate surface area is 203 Å². The molecule has 0 radical (unpaired) electrons. The lowest BCUT2D eigenvalue weighted by atomic mass is 9.91. The van der Waals surface area contributed by atoms with Gasteiger partial charge in [-0.25, -0.2) is 9.97 Å². The molecule has 3 saturated heterocycles. The third-order valence-corrected chi connectivity index (χ3v) is 7.91. The highest BCUT2D eigenvalue weighted by Gasteiger charge is 2.37. The van der Waals surface area contributed by atoms with E-state index in [9.17, 15) is 4.79 Å². The number of pyridine rings is 2. The van der Waals surface area contributed by atoms with Gasteiger partial charge in [0.2, 0.25) is 11.8 Å². The molecule has 3 aromatic heterocycles. The van der Waals surface area contributed by atoms with Crippen LogP contribution in [0.5, 0.6) is 0 Å². The number of hydrogen-bond donors (Lipinski definition) is 1. The molecular formula is C27H28N6O2. The van der Waals surface area contributed by atoms with Crippen LogP contribution in [0, 0.1) is 12.8 Å². The molecular weight excluding hydrogens is 440 g/mol. The molecule has 1 N–H and O–H groups in total. The number of piperidine rings is 2. The number of piperazine rings is 1. The maximum absolute atomic E-state index is 12.3. The van der Waals surface area contributed by atoms with Crippen LogP contribution in [0.4, 0.5) is 11.5 Å². The molecule has 0 spiro atoms. The summed E-state index contributed by atoms with van der Waals surface area (Å²) in [5.74, 6) is 1.23. The third-order valence-electron chi connectivity index (χ3n) is 7.91. The highest BCUT2D eigenvalue weighted by atomic mass is 16.3. The van der Waals surface area contributed by atoms with Gasteiger partial charge in [-0.05, 0) is 63.9 Å². The van der Waals surface area contributed by atoms with Crippen molar-refractivity contribution in [3.8, 4) is 11.5 Å². The lowest BCUT2D eigenvalue weighted by Gasteiger charge is -2.51. The number of amides is 1. The summed E-state index contributed by atoms with van der Waals surface area (Å²) in [6.07, 6.45) is 8.00. The minimum atomic E-state index is 0.0381. The van der Waals surface area contributed by atoms with E-state index < -0.39 is 0 Å². The van der Waals surface area contributed by atoms with Gasteiger partial charge in [-0.15, -0.1) is 0 Å². The molecule has 35 heavy (non-hydrogen) atoms. The predicted molar refractivity (Wildman–Crippen MR) is 135 cm³/mol. The van der Waals surface area contributed by atoms with Crippen LogP contribution in [-0.2, 0) is 4.79 Å². The van der Waals surface area contributed by atoms with Crippen LogP contribution >= 0.6 is 0 Å². The van der Waals surface area contributed by atoms with Gasteiger partial charge in [0.1, 0.15) is 11.3 Å². The van der Waals surface area contributed by atoms with Gasteiger partial charge in [0, 0.05) is 65.6 Å². The monoisotopic (exact) mass is 468 g/mol. The number of anilines is 2. The van der Waals surface area contributed by atoms with E-state index in [2.05, 4.69) is 44.3 Å². The minimum absolute atomic E-state index is 0.0381. The van der Waals surface area contributed by atoms with E-state index in [1.807, 2.05) is 19.1 Å². The minimum Gasteiger partial charge on any atom is -0.436 e. The van der Waals surface area contributed by atoms with Gasteiger partial charge < -0.3 is 14.6 Å². The fraction of sp³-hybridized carbons (Fsp3) is 0.407. The number of carbonyl (C=O) groups excluding carboxylic acids is 1. The van der Waals surface area contributed by atoms with Crippen LogP contribution < -0.4 is 10.2 Å². The van der Waals surface area contributed by atoms with Crippen LogP contribution in [0.1, 0.15) is 31.4 Å². The summed E-state index contributed by atoms with van der Waals surface area (Å²) in [5.41, 5.74) is 4.48. The summed E-state index contributed by atoms with van der Waals surface area (Å²) >= 11 is 0. The van der Waals surface area contributed by atoms with Gasteiger partial charge in [0.25, 0.3) is 0 Å². The number of nitrogens with zero attached hydrogens (tertiary/aromatic N) is 5. The van der Waals surface area contributed by atoms with Gasteiger partial charge in [-0.3, -0.25) is 14.7 Å². The summed E-state index contributed by atoms with van der Waals surface area (Å²) in [6.45, 7) is 4.13. The van der Waals surface area contributed by atoms with E-state index in [0.29, 0.717) is 23.8 Å². The summed E-state index contributed by atoms with van der Waals surface area (Å²) in [7, 11) is 2.24. The Morgan fingerprint density at radius 3 is 2.66 bits per heavy atom. The number of aromatic nitrogens is 3. The van der Waals surface area contributed by atoms with E-state index in [0.717, 1.165) is 59.1 Å². The molecule has 8 rings (SSSR count). The molecule has 3 aliphatic heterocycles. The first-order valence-corrected chi connectivity index (χ1v) is 12.5. The highest BCUT2D eigenvalue weighted by Crippen LogP contribution is 2.36. The lowest BCUT2D eigenvalue weighted by Crippen LogP contribution is -2.61. The molecule has 1 aliphatic carbocycles. The molecule has 8 heteroatoms. The Balaban J connectivity index is 1.26.